The number of likely N-dealkylation sites (tertiary alicyclic amines) is 1. The lowest BCUT2D eigenvalue weighted by Crippen LogP contribution is -2.50. The Morgan fingerprint density at radius 1 is 1.18 bits per heavy atom. The zero-order valence-corrected chi connectivity index (χ0v) is 15.8. The molecule has 0 saturated carbocycles. The number of hydrogen-bond donors (Lipinski definition) is 1. The average molecular weight is 401 g/mol. The van der Waals surface area contributed by atoms with E-state index in [0.717, 1.165) is 17.0 Å². The number of carbonyl (C=O) groups excluding carboxylic acids is 3. The van der Waals surface area contributed by atoms with E-state index >= 15 is 0 Å². The SMILES string of the molecule is COC(=O)N1CCCCC1C(=O)Nc1cc(C(=O)N(C)C)cc(C(F)(F)F)c1. The molecule has 1 heterocycles. The third kappa shape index (κ3) is 4.93. The van der Waals surface area contributed by atoms with Crippen LogP contribution >= 0.6 is 0 Å². The summed E-state index contributed by atoms with van der Waals surface area (Å²) in [7, 11) is 4.02. The molecule has 1 aromatic carbocycles. The molecule has 0 aliphatic carbocycles. The second-order valence-corrected chi connectivity index (χ2v) is 6.66. The summed E-state index contributed by atoms with van der Waals surface area (Å²) < 4.78 is 44.3. The standard InChI is InChI=1S/C18H22F3N3O4/c1-23(2)16(26)11-8-12(18(19,20)21)10-13(9-11)22-15(25)14-6-4-5-7-24(14)17(27)28-3/h8-10,14H,4-7H2,1-3H3,(H,22,25). The summed E-state index contributed by atoms with van der Waals surface area (Å²) in [4.78, 5) is 39.0. The van der Waals surface area contributed by atoms with Crippen LogP contribution in [-0.4, -0.2) is 61.5 Å². The highest BCUT2D eigenvalue weighted by Gasteiger charge is 2.35. The van der Waals surface area contributed by atoms with Gasteiger partial charge in [-0.3, -0.25) is 14.5 Å². The lowest BCUT2D eigenvalue weighted by Gasteiger charge is -2.33. The van der Waals surface area contributed by atoms with Crippen molar-refractivity contribution in [3.05, 3.63) is 29.3 Å². The van der Waals surface area contributed by atoms with Gasteiger partial charge in [-0.25, -0.2) is 4.79 Å². The van der Waals surface area contributed by atoms with Crippen LogP contribution in [0.2, 0.25) is 0 Å². The molecule has 1 fully saturated rings. The highest BCUT2D eigenvalue weighted by molar-refractivity contribution is 5.99. The number of nitrogens with one attached hydrogen (secondary N) is 1. The van der Waals surface area contributed by atoms with E-state index in [2.05, 4.69) is 10.1 Å². The maximum atomic E-state index is 13.2. The first-order valence-corrected chi connectivity index (χ1v) is 8.64. The Morgan fingerprint density at radius 3 is 2.43 bits per heavy atom. The number of nitrogens with zero attached hydrogens (tertiary/aromatic N) is 2. The molecule has 0 spiro atoms. The van der Waals surface area contributed by atoms with E-state index in [1.807, 2.05) is 0 Å². The molecule has 1 saturated heterocycles. The highest BCUT2D eigenvalue weighted by Crippen LogP contribution is 2.32. The van der Waals surface area contributed by atoms with Crippen LogP contribution in [0.3, 0.4) is 0 Å². The summed E-state index contributed by atoms with van der Waals surface area (Å²) in [6, 6.07) is 1.82. The minimum atomic E-state index is -4.69. The van der Waals surface area contributed by atoms with Gasteiger partial charge < -0.3 is 15.0 Å². The summed E-state index contributed by atoms with van der Waals surface area (Å²) >= 11 is 0. The maximum absolute atomic E-state index is 13.2. The zero-order chi connectivity index (χ0) is 21.1. The Kier molecular flexibility index (Phi) is 6.52. The normalized spacial score (nSPS) is 17.1. The van der Waals surface area contributed by atoms with E-state index in [1.165, 1.54) is 32.2 Å². The number of halogens is 3. The molecule has 7 nitrogen and oxygen atoms in total. The molecular formula is C18H22F3N3O4. The molecule has 1 unspecified atom stereocenters. The van der Waals surface area contributed by atoms with Gasteiger partial charge >= 0.3 is 12.3 Å². The molecule has 28 heavy (non-hydrogen) atoms. The number of anilines is 1. The predicted octanol–water partition coefficient (Wildman–Crippen LogP) is 2.97. The van der Waals surface area contributed by atoms with Crippen molar-refractivity contribution in [3.8, 4) is 0 Å². The van der Waals surface area contributed by atoms with Crippen molar-refractivity contribution in [2.24, 2.45) is 0 Å². The second-order valence-electron chi connectivity index (χ2n) is 6.66. The monoisotopic (exact) mass is 401 g/mol. The molecular weight excluding hydrogens is 379 g/mol. The summed E-state index contributed by atoms with van der Waals surface area (Å²) in [5.74, 6) is -1.26. The molecule has 2 rings (SSSR count). The van der Waals surface area contributed by atoms with E-state index in [9.17, 15) is 27.6 Å². The van der Waals surface area contributed by atoms with Crippen LogP contribution in [0, 0.1) is 0 Å². The molecule has 1 aromatic rings. The fourth-order valence-electron chi connectivity index (χ4n) is 3.01. The number of alkyl halides is 3. The molecule has 1 N–H and O–H groups in total. The van der Waals surface area contributed by atoms with Crippen LogP contribution in [0.15, 0.2) is 18.2 Å². The number of methoxy groups -OCH3 is 1. The number of ether oxygens (including phenoxy) is 1. The van der Waals surface area contributed by atoms with Gasteiger partial charge in [0.05, 0.1) is 12.7 Å². The van der Waals surface area contributed by atoms with E-state index in [1.54, 1.807) is 0 Å². The maximum Gasteiger partial charge on any atom is 0.416 e. The van der Waals surface area contributed by atoms with Crippen LogP contribution in [0.1, 0.15) is 35.2 Å². The van der Waals surface area contributed by atoms with E-state index in [4.69, 9.17) is 0 Å². The molecule has 3 amide bonds. The predicted molar refractivity (Wildman–Crippen MR) is 94.8 cm³/mol. The molecule has 0 aromatic heterocycles. The van der Waals surface area contributed by atoms with Gasteiger partial charge in [0, 0.05) is 31.9 Å². The largest absolute Gasteiger partial charge is 0.453 e. The van der Waals surface area contributed by atoms with Gasteiger partial charge in [0.1, 0.15) is 6.04 Å². The van der Waals surface area contributed by atoms with Gasteiger partial charge in [0.25, 0.3) is 5.91 Å². The minimum absolute atomic E-state index is 0.166. The molecule has 1 atom stereocenters. The number of benzene rings is 1. The van der Waals surface area contributed by atoms with Crippen LogP contribution in [0.4, 0.5) is 23.7 Å². The fraction of sp³-hybridized carbons (Fsp3) is 0.500. The smallest absolute Gasteiger partial charge is 0.416 e. The number of carbonyl (C=O) groups is 3. The van der Waals surface area contributed by atoms with E-state index in [-0.39, 0.29) is 11.3 Å². The van der Waals surface area contributed by atoms with Crippen molar-refractivity contribution in [2.75, 3.05) is 33.1 Å². The van der Waals surface area contributed by atoms with Crippen molar-refractivity contribution < 1.29 is 32.3 Å². The van der Waals surface area contributed by atoms with Crippen molar-refractivity contribution in [3.63, 3.8) is 0 Å². The summed E-state index contributed by atoms with van der Waals surface area (Å²) in [6.07, 6.45) is -3.61. The zero-order valence-electron chi connectivity index (χ0n) is 15.8. The first kappa shape index (κ1) is 21.5. The molecule has 1 aliphatic rings. The number of rotatable bonds is 3. The third-order valence-electron chi connectivity index (χ3n) is 4.40. The molecule has 10 heteroatoms. The van der Waals surface area contributed by atoms with Gasteiger partial charge in [-0.15, -0.1) is 0 Å². The van der Waals surface area contributed by atoms with Crippen LogP contribution in [-0.2, 0) is 15.7 Å². The third-order valence-corrected chi connectivity index (χ3v) is 4.40. The molecule has 0 radical (unpaired) electrons. The number of hydrogen-bond acceptors (Lipinski definition) is 4. The Bertz CT molecular complexity index is 765. The summed E-state index contributed by atoms with van der Waals surface area (Å²) in [6.45, 7) is 0.317. The Labute approximate surface area is 160 Å². The van der Waals surface area contributed by atoms with Crippen molar-refractivity contribution in [2.45, 2.75) is 31.5 Å². The molecule has 1 aliphatic heterocycles. The molecule has 0 bridgehead atoms. The van der Waals surface area contributed by atoms with E-state index < -0.39 is 35.7 Å². The minimum Gasteiger partial charge on any atom is -0.453 e. The second kappa shape index (κ2) is 8.49. The van der Waals surface area contributed by atoms with Crippen molar-refractivity contribution in [1.82, 2.24) is 9.80 Å². The van der Waals surface area contributed by atoms with Gasteiger partial charge in [-0.05, 0) is 37.5 Å². The van der Waals surface area contributed by atoms with Crippen LogP contribution < -0.4 is 5.32 Å². The Morgan fingerprint density at radius 2 is 1.86 bits per heavy atom. The van der Waals surface area contributed by atoms with Crippen LogP contribution in [0.25, 0.3) is 0 Å². The number of piperidine rings is 1. The quantitative estimate of drug-likeness (QED) is 0.845. The summed E-state index contributed by atoms with van der Waals surface area (Å²) in [5.41, 5.74) is -1.42. The lowest BCUT2D eigenvalue weighted by atomic mass is 10.0. The number of amides is 3. The Balaban J connectivity index is 2.33. The first-order chi connectivity index (χ1) is 13.0. The highest BCUT2D eigenvalue weighted by atomic mass is 19.4. The Hall–Kier alpha value is -2.78. The fourth-order valence-corrected chi connectivity index (χ4v) is 3.01. The van der Waals surface area contributed by atoms with E-state index in [0.29, 0.717) is 25.8 Å². The van der Waals surface area contributed by atoms with Gasteiger partial charge in [0.2, 0.25) is 5.91 Å². The van der Waals surface area contributed by atoms with Gasteiger partial charge in [-0.1, -0.05) is 0 Å². The first-order valence-electron chi connectivity index (χ1n) is 8.64. The van der Waals surface area contributed by atoms with Crippen molar-refractivity contribution >= 4 is 23.6 Å². The van der Waals surface area contributed by atoms with Crippen LogP contribution in [0.5, 0.6) is 0 Å². The lowest BCUT2D eigenvalue weighted by molar-refractivity contribution is -0.137. The topological polar surface area (TPSA) is 79.0 Å². The van der Waals surface area contributed by atoms with Gasteiger partial charge in [-0.2, -0.15) is 13.2 Å². The van der Waals surface area contributed by atoms with Crippen molar-refractivity contribution in [1.29, 1.82) is 0 Å². The van der Waals surface area contributed by atoms with Gasteiger partial charge in [0.15, 0.2) is 0 Å². The molecule has 154 valence electrons. The average Bonchev–Trinajstić information content (AvgIpc) is 2.65. The summed E-state index contributed by atoms with van der Waals surface area (Å²) in [5, 5.41) is 2.41.